The average molecular weight is 401 g/mol. The summed E-state index contributed by atoms with van der Waals surface area (Å²) in [5, 5.41) is 18.6. The molecule has 0 bridgehead atoms. The number of carbonyl (C=O) groups excluding carboxylic acids is 1. The topological polar surface area (TPSA) is 66.8 Å². The molecule has 29 heavy (non-hydrogen) atoms. The molecule has 0 unspecified atom stereocenters. The third-order valence-electron chi connectivity index (χ3n) is 6.95. The van der Waals surface area contributed by atoms with Crippen molar-refractivity contribution < 1.29 is 19.7 Å². The Morgan fingerprint density at radius 1 is 0.966 bits per heavy atom. The van der Waals surface area contributed by atoms with Gasteiger partial charge in [0.1, 0.15) is 0 Å². The van der Waals surface area contributed by atoms with Crippen molar-refractivity contribution in [2.75, 3.05) is 13.2 Å². The standard InChI is InChI=1S/C25H36O4/c1-18(17-26)25(28)29-16-2-3-19-4-6-20(7-5-19)21-8-10-22(11-9-21)23-12-14-24(27)15-13-23/h4-7,21-24,26-27H,1-3,8-17H2. The Morgan fingerprint density at radius 3 is 2.14 bits per heavy atom. The van der Waals surface area contributed by atoms with Gasteiger partial charge in [-0.05, 0) is 93.1 Å². The summed E-state index contributed by atoms with van der Waals surface area (Å²) in [4.78, 5) is 11.5. The molecule has 4 heteroatoms. The molecule has 3 rings (SSSR count). The van der Waals surface area contributed by atoms with Crippen molar-refractivity contribution in [3.05, 3.63) is 47.5 Å². The largest absolute Gasteiger partial charge is 0.462 e. The van der Waals surface area contributed by atoms with E-state index in [1.165, 1.54) is 49.7 Å². The molecule has 1 aromatic carbocycles. The Morgan fingerprint density at radius 2 is 1.55 bits per heavy atom. The molecular weight excluding hydrogens is 364 g/mol. The predicted molar refractivity (Wildman–Crippen MR) is 115 cm³/mol. The van der Waals surface area contributed by atoms with Gasteiger partial charge in [0.2, 0.25) is 0 Å². The Hall–Kier alpha value is -1.65. The Bertz CT molecular complexity index is 650. The molecule has 2 aliphatic carbocycles. The van der Waals surface area contributed by atoms with Crippen LogP contribution in [0.4, 0.5) is 0 Å². The average Bonchev–Trinajstić information content (AvgIpc) is 2.77. The third kappa shape index (κ3) is 6.42. The summed E-state index contributed by atoms with van der Waals surface area (Å²) in [6, 6.07) is 8.96. The van der Waals surface area contributed by atoms with Gasteiger partial charge < -0.3 is 14.9 Å². The fourth-order valence-corrected chi connectivity index (χ4v) is 5.06. The number of esters is 1. The number of hydrogen-bond donors (Lipinski definition) is 2. The molecule has 2 saturated carbocycles. The van der Waals surface area contributed by atoms with Crippen molar-refractivity contribution >= 4 is 5.97 Å². The lowest BCUT2D eigenvalue weighted by atomic mass is 9.69. The summed E-state index contributed by atoms with van der Waals surface area (Å²) in [5.41, 5.74) is 2.82. The first-order valence-electron chi connectivity index (χ1n) is 11.3. The van der Waals surface area contributed by atoms with Crippen molar-refractivity contribution in [1.82, 2.24) is 0 Å². The fraction of sp³-hybridized carbons (Fsp3) is 0.640. The number of aliphatic hydroxyl groups is 2. The van der Waals surface area contributed by atoms with E-state index in [0.29, 0.717) is 12.5 Å². The van der Waals surface area contributed by atoms with E-state index in [-0.39, 0.29) is 18.3 Å². The molecule has 0 radical (unpaired) electrons. The van der Waals surface area contributed by atoms with Gasteiger partial charge in [-0.2, -0.15) is 0 Å². The lowest BCUT2D eigenvalue weighted by Gasteiger charge is -2.37. The van der Waals surface area contributed by atoms with Crippen LogP contribution in [0.25, 0.3) is 0 Å². The zero-order chi connectivity index (χ0) is 20.6. The summed E-state index contributed by atoms with van der Waals surface area (Å²) in [5.74, 6) is 1.87. The summed E-state index contributed by atoms with van der Waals surface area (Å²) in [7, 11) is 0. The normalized spacial score (nSPS) is 27.4. The lowest BCUT2D eigenvalue weighted by Crippen LogP contribution is -2.27. The molecule has 1 aromatic rings. The highest BCUT2D eigenvalue weighted by atomic mass is 16.5. The van der Waals surface area contributed by atoms with Crippen LogP contribution in [0.5, 0.6) is 0 Å². The number of benzene rings is 1. The molecule has 2 fully saturated rings. The van der Waals surface area contributed by atoms with E-state index in [2.05, 4.69) is 30.8 Å². The quantitative estimate of drug-likeness (QED) is 0.382. The maximum absolute atomic E-state index is 11.5. The van der Waals surface area contributed by atoms with Crippen LogP contribution in [0.15, 0.2) is 36.4 Å². The molecule has 0 spiro atoms. The maximum Gasteiger partial charge on any atom is 0.335 e. The van der Waals surface area contributed by atoms with Crippen molar-refractivity contribution in [3.8, 4) is 0 Å². The second-order valence-electron chi connectivity index (χ2n) is 8.92. The molecule has 0 aliphatic heterocycles. The molecule has 2 N–H and O–H groups in total. The highest BCUT2D eigenvalue weighted by Crippen LogP contribution is 2.42. The molecule has 0 amide bonds. The minimum absolute atomic E-state index is 0.0480. The first kappa shape index (κ1) is 22.0. The summed E-state index contributed by atoms with van der Waals surface area (Å²) in [6.45, 7) is 3.46. The Labute approximate surface area is 175 Å². The monoisotopic (exact) mass is 400 g/mol. The van der Waals surface area contributed by atoms with Crippen LogP contribution < -0.4 is 0 Å². The molecule has 0 atom stereocenters. The zero-order valence-corrected chi connectivity index (χ0v) is 17.5. The minimum atomic E-state index is -0.511. The molecule has 2 aliphatic rings. The third-order valence-corrected chi connectivity index (χ3v) is 6.95. The summed E-state index contributed by atoms with van der Waals surface area (Å²) < 4.78 is 5.09. The summed E-state index contributed by atoms with van der Waals surface area (Å²) >= 11 is 0. The number of ether oxygens (including phenoxy) is 1. The van der Waals surface area contributed by atoms with Gasteiger partial charge in [-0.1, -0.05) is 30.8 Å². The van der Waals surface area contributed by atoms with Crippen LogP contribution in [-0.4, -0.2) is 35.5 Å². The highest BCUT2D eigenvalue weighted by Gasteiger charge is 2.30. The van der Waals surface area contributed by atoms with Gasteiger partial charge in [0, 0.05) is 0 Å². The highest BCUT2D eigenvalue weighted by molar-refractivity contribution is 5.87. The number of aryl methyl sites for hydroxylation is 1. The van der Waals surface area contributed by atoms with Gasteiger partial charge in [0.05, 0.1) is 24.9 Å². The van der Waals surface area contributed by atoms with Gasteiger partial charge in [-0.25, -0.2) is 4.79 Å². The van der Waals surface area contributed by atoms with Crippen LogP contribution >= 0.6 is 0 Å². The van der Waals surface area contributed by atoms with Gasteiger partial charge in [0.25, 0.3) is 0 Å². The van der Waals surface area contributed by atoms with Crippen molar-refractivity contribution in [1.29, 1.82) is 0 Å². The van der Waals surface area contributed by atoms with E-state index in [4.69, 9.17) is 9.84 Å². The van der Waals surface area contributed by atoms with Gasteiger partial charge in [-0.15, -0.1) is 0 Å². The number of carbonyl (C=O) groups is 1. The van der Waals surface area contributed by atoms with Crippen LogP contribution in [0, 0.1) is 11.8 Å². The number of rotatable bonds is 8. The van der Waals surface area contributed by atoms with E-state index in [0.717, 1.165) is 37.5 Å². The Balaban J connectivity index is 1.38. The van der Waals surface area contributed by atoms with Crippen LogP contribution in [-0.2, 0) is 16.0 Å². The SMILES string of the molecule is C=C(CO)C(=O)OCCCc1ccc(C2CCC(C3CCC(O)CC3)CC2)cc1. The molecular formula is C25H36O4. The lowest BCUT2D eigenvalue weighted by molar-refractivity contribution is -0.139. The summed E-state index contributed by atoms with van der Waals surface area (Å²) in [6.07, 6.45) is 11.3. The predicted octanol–water partition coefficient (Wildman–Crippen LogP) is 4.54. The smallest absolute Gasteiger partial charge is 0.335 e. The van der Waals surface area contributed by atoms with Crippen LogP contribution in [0.2, 0.25) is 0 Å². The van der Waals surface area contributed by atoms with E-state index in [1.807, 2.05) is 0 Å². The number of hydrogen-bond acceptors (Lipinski definition) is 4. The first-order chi connectivity index (χ1) is 14.1. The number of aliphatic hydroxyl groups excluding tert-OH is 2. The van der Waals surface area contributed by atoms with Crippen molar-refractivity contribution in [2.45, 2.75) is 76.2 Å². The molecule has 4 nitrogen and oxygen atoms in total. The maximum atomic E-state index is 11.5. The van der Waals surface area contributed by atoms with E-state index >= 15 is 0 Å². The van der Waals surface area contributed by atoms with Crippen molar-refractivity contribution in [3.63, 3.8) is 0 Å². The van der Waals surface area contributed by atoms with E-state index in [9.17, 15) is 9.90 Å². The minimum Gasteiger partial charge on any atom is -0.462 e. The van der Waals surface area contributed by atoms with E-state index in [1.54, 1.807) is 0 Å². The van der Waals surface area contributed by atoms with Gasteiger partial charge in [0.15, 0.2) is 0 Å². The first-order valence-corrected chi connectivity index (χ1v) is 11.3. The zero-order valence-electron chi connectivity index (χ0n) is 17.5. The van der Waals surface area contributed by atoms with Crippen molar-refractivity contribution in [2.24, 2.45) is 11.8 Å². The van der Waals surface area contributed by atoms with E-state index < -0.39 is 5.97 Å². The van der Waals surface area contributed by atoms with Crippen LogP contribution in [0.1, 0.15) is 74.8 Å². The van der Waals surface area contributed by atoms with Gasteiger partial charge >= 0.3 is 5.97 Å². The molecule has 160 valence electrons. The van der Waals surface area contributed by atoms with Gasteiger partial charge in [-0.3, -0.25) is 0 Å². The molecule has 0 heterocycles. The molecule has 0 aromatic heterocycles. The van der Waals surface area contributed by atoms with Crippen LogP contribution in [0.3, 0.4) is 0 Å². The second kappa shape index (κ2) is 10.9. The fourth-order valence-electron chi connectivity index (χ4n) is 5.06. The Kier molecular flexibility index (Phi) is 8.31. The molecule has 0 saturated heterocycles. The second-order valence-corrected chi connectivity index (χ2v) is 8.92.